The summed E-state index contributed by atoms with van der Waals surface area (Å²) in [5.74, 6) is -0.259. The van der Waals surface area contributed by atoms with Gasteiger partial charge in [0.1, 0.15) is 0 Å². The van der Waals surface area contributed by atoms with Crippen LogP contribution >= 0.6 is 22.6 Å². The van der Waals surface area contributed by atoms with Crippen LogP contribution in [0.25, 0.3) is 5.70 Å². The third kappa shape index (κ3) is 4.55. The van der Waals surface area contributed by atoms with E-state index in [0.29, 0.717) is 12.1 Å². The number of amides is 1. The Morgan fingerprint density at radius 1 is 1.43 bits per heavy atom. The van der Waals surface area contributed by atoms with Crippen LogP contribution in [0.3, 0.4) is 0 Å². The molecular formula is C15H15F2INOY-. The Hall–Kier alpha value is 0.124. The summed E-state index contributed by atoms with van der Waals surface area (Å²) in [6.07, 6.45) is 1.83. The number of rotatable bonds is 4. The van der Waals surface area contributed by atoms with Gasteiger partial charge in [-0.05, 0) is 6.42 Å². The summed E-state index contributed by atoms with van der Waals surface area (Å²) in [7, 11) is 0. The van der Waals surface area contributed by atoms with Gasteiger partial charge in [0.15, 0.2) is 0 Å². The van der Waals surface area contributed by atoms with Crippen molar-refractivity contribution in [1.29, 1.82) is 0 Å². The van der Waals surface area contributed by atoms with E-state index in [-0.39, 0.29) is 42.5 Å². The number of alkyl halides is 3. The molecule has 0 aliphatic carbocycles. The molecule has 2 rings (SSSR count). The van der Waals surface area contributed by atoms with E-state index in [0.717, 1.165) is 17.5 Å². The average molecular weight is 479 g/mol. The molecule has 1 radical (unpaired) electrons. The van der Waals surface area contributed by atoms with Crippen LogP contribution in [0.1, 0.15) is 24.5 Å². The van der Waals surface area contributed by atoms with Crippen molar-refractivity contribution < 1.29 is 46.3 Å². The molecule has 6 heteroatoms. The molecule has 0 spiro atoms. The van der Waals surface area contributed by atoms with Crippen LogP contribution in [0.5, 0.6) is 0 Å². The fourth-order valence-electron chi connectivity index (χ4n) is 2.27. The second-order valence-corrected chi connectivity index (χ2v) is 6.05. The predicted molar refractivity (Wildman–Crippen MR) is 82.6 cm³/mol. The number of benzene rings is 1. The minimum atomic E-state index is -2.55. The van der Waals surface area contributed by atoms with E-state index in [1.807, 2.05) is 53.8 Å². The number of aryl methyl sites for hydroxylation is 1. The van der Waals surface area contributed by atoms with E-state index < -0.39 is 13.0 Å². The predicted octanol–water partition coefficient (Wildman–Crippen LogP) is 3.69. The fraction of sp³-hybridized carbons (Fsp3) is 0.400. The van der Waals surface area contributed by atoms with Crippen LogP contribution in [-0.2, 0) is 43.9 Å². The number of allylic oxidation sites excluding steroid dienone is 1. The van der Waals surface area contributed by atoms with Gasteiger partial charge in [0.05, 0.1) is 10.5 Å². The van der Waals surface area contributed by atoms with Crippen molar-refractivity contribution in [2.45, 2.75) is 30.1 Å². The number of carbonyl (C=O) groups excluding carboxylic acids is 1. The van der Waals surface area contributed by atoms with Crippen molar-refractivity contribution in [2.24, 2.45) is 0 Å². The molecular weight excluding hydrogens is 464 g/mol. The molecule has 21 heavy (non-hydrogen) atoms. The first-order chi connectivity index (χ1) is 9.54. The second-order valence-electron chi connectivity index (χ2n) is 4.55. The zero-order chi connectivity index (χ0) is 14.7. The second kappa shape index (κ2) is 8.68. The minimum Gasteiger partial charge on any atom is -0.341 e. The number of hydrogen-bond acceptors (Lipinski definition) is 1. The fourth-order valence-corrected chi connectivity index (χ4v) is 2.82. The van der Waals surface area contributed by atoms with E-state index in [2.05, 4.69) is 6.08 Å². The molecule has 111 valence electrons. The van der Waals surface area contributed by atoms with E-state index in [1.165, 1.54) is 4.90 Å². The van der Waals surface area contributed by atoms with Gasteiger partial charge in [-0.3, -0.25) is 4.79 Å². The Labute approximate surface area is 162 Å². The Balaban J connectivity index is 0.00000220. The molecule has 1 aliphatic heterocycles. The number of nitrogens with zero attached hydrogens (tertiary/aromatic N) is 1. The monoisotopic (exact) mass is 479 g/mol. The summed E-state index contributed by atoms with van der Waals surface area (Å²) >= 11 is 1.98. The smallest absolute Gasteiger partial charge is 0.256 e. The van der Waals surface area contributed by atoms with E-state index in [4.69, 9.17) is 0 Å². The molecule has 1 aliphatic rings. The van der Waals surface area contributed by atoms with Crippen molar-refractivity contribution >= 4 is 34.2 Å². The molecule has 2 nitrogen and oxygen atoms in total. The first-order valence-electron chi connectivity index (χ1n) is 6.47. The maximum Gasteiger partial charge on any atom is 0.256 e. The van der Waals surface area contributed by atoms with Crippen LogP contribution in [0, 0.1) is 6.08 Å². The largest absolute Gasteiger partial charge is 0.341 e. The minimum absolute atomic E-state index is 0. The molecule has 0 aromatic heterocycles. The van der Waals surface area contributed by atoms with Gasteiger partial charge in [-0.25, -0.2) is 14.9 Å². The number of halogens is 3. The van der Waals surface area contributed by atoms with E-state index in [1.54, 1.807) is 0 Å². The summed E-state index contributed by atoms with van der Waals surface area (Å²) < 4.78 is 25.2. The third-order valence-corrected chi connectivity index (χ3v) is 4.20. The van der Waals surface area contributed by atoms with Crippen molar-refractivity contribution in [2.75, 3.05) is 6.54 Å². The summed E-state index contributed by atoms with van der Waals surface area (Å²) in [5, 5.41) is 0. The van der Waals surface area contributed by atoms with Crippen molar-refractivity contribution in [1.82, 2.24) is 4.90 Å². The van der Waals surface area contributed by atoms with Gasteiger partial charge >= 0.3 is 0 Å². The van der Waals surface area contributed by atoms with Crippen molar-refractivity contribution in [3.63, 3.8) is 0 Å². The third-order valence-electron chi connectivity index (χ3n) is 3.23. The number of hydrogen-bond donors (Lipinski definition) is 0. The van der Waals surface area contributed by atoms with Crippen LogP contribution in [0.2, 0.25) is 0 Å². The summed E-state index contributed by atoms with van der Waals surface area (Å²) in [5.41, 5.74) is 2.36. The molecule has 0 saturated carbocycles. The molecule has 0 N–H and O–H groups in total. The van der Waals surface area contributed by atoms with Gasteiger partial charge in [0.25, 0.3) is 6.43 Å². The average Bonchev–Trinajstić information content (AvgIpc) is 2.44. The van der Waals surface area contributed by atoms with Crippen LogP contribution in [0.15, 0.2) is 24.3 Å². The molecule has 0 fully saturated rings. The molecule has 1 heterocycles. The maximum absolute atomic E-state index is 12.8. The molecule has 0 saturated heterocycles. The molecule has 1 unspecified atom stereocenters. The van der Waals surface area contributed by atoms with Crippen LogP contribution in [-0.4, -0.2) is 27.7 Å². The normalized spacial score (nSPS) is 18.5. The summed E-state index contributed by atoms with van der Waals surface area (Å²) in [6, 6.07) is 7.57. The molecule has 1 atom stereocenters. The van der Waals surface area contributed by atoms with Gasteiger partial charge in [-0.2, -0.15) is 0 Å². The first-order valence-corrected chi connectivity index (χ1v) is 7.71. The van der Waals surface area contributed by atoms with Crippen LogP contribution in [0.4, 0.5) is 8.78 Å². The van der Waals surface area contributed by atoms with Crippen molar-refractivity contribution in [3.8, 4) is 0 Å². The van der Waals surface area contributed by atoms with Gasteiger partial charge in [-0.15, -0.1) is 22.9 Å². The van der Waals surface area contributed by atoms with E-state index in [9.17, 15) is 13.6 Å². The quantitative estimate of drug-likeness (QED) is 0.367. The van der Waals surface area contributed by atoms with Gasteiger partial charge < -0.3 is 4.90 Å². The molecule has 1 aromatic rings. The van der Waals surface area contributed by atoms with Gasteiger partial charge in [-0.1, -0.05) is 54.1 Å². The first kappa shape index (κ1) is 19.2. The molecule has 1 amide bonds. The summed E-state index contributed by atoms with van der Waals surface area (Å²) in [6.45, 7) is 1.43. The topological polar surface area (TPSA) is 20.3 Å². The zero-order valence-corrected chi connectivity index (χ0v) is 16.6. The maximum atomic E-state index is 12.8. The van der Waals surface area contributed by atoms with Gasteiger partial charge in [0.2, 0.25) is 5.91 Å². The van der Waals surface area contributed by atoms with E-state index >= 15 is 0 Å². The Morgan fingerprint density at radius 3 is 2.71 bits per heavy atom. The number of carbonyl (C=O) groups is 1. The Morgan fingerprint density at radius 2 is 2.10 bits per heavy atom. The molecule has 0 bridgehead atoms. The SMILES string of the molecule is CCc1ccccc1C1=[C-]CC(I)C(=O)N1CC(F)F.[Y]. The van der Waals surface area contributed by atoms with Crippen molar-refractivity contribution in [3.05, 3.63) is 41.5 Å². The summed E-state index contributed by atoms with van der Waals surface area (Å²) in [4.78, 5) is 13.3. The Bertz CT molecular complexity index is 536. The molecule has 1 aromatic carbocycles. The standard InChI is InChI=1S/C15H15F2INO.Y/c1-2-10-5-3-4-6-11(10)13-8-7-12(18)15(20)19(13)9-14(16)17;/h3-6,12,14H,2,7,9H2,1H3;/q-1;. The van der Waals surface area contributed by atoms with Crippen LogP contribution < -0.4 is 0 Å². The Kier molecular flexibility index (Phi) is 7.92. The zero-order valence-electron chi connectivity index (χ0n) is 11.7. The van der Waals surface area contributed by atoms with Gasteiger partial charge in [0, 0.05) is 32.7 Å².